The van der Waals surface area contributed by atoms with Gasteiger partial charge >= 0.3 is 0 Å². The summed E-state index contributed by atoms with van der Waals surface area (Å²) in [6.07, 6.45) is 1.98. The Morgan fingerprint density at radius 2 is 1.93 bits per heavy atom. The van der Waals surface area contributed by atoms with Gasteiger partial charge in [-0.3, -0.25) is 9.00 Å². The third kappa shape index (κ3) is 2.75. The summed E-state index contributed by atoms with van der Waals surface area (Å²) in [5, 5.41) is 0. The van der Waals surface area contributed by atoms with E-state index in [0.29, 0.717) is 0 Å². The third-order valence-corrected chi connectivity index (χ3v) is 3.93. The van der Waals surface area contributed by atoms with Crippen LogP contribution < -0.4 is 0 Å². The van der Waals surface area contributed by atoms with Crippen LogP contribution in [-0.2, 0) is 15.6 Å². The lowest BCUT2D eigenvalue weighted by Gasteiger charge is -2.01. The number of Topliss-reactive ketones (excluding diaryl/α,β-unsaturated/α-hetero) is 1. The first-order valence-corrected chi connectivity index (χ1v) is 6.46. The fourth-order valence-electron chi connectivity index (χ4n) is 1.43. The van der Waals surface area contributed by atoms with Crippen LogP contribution in [0.25, 0.3) is 0 Å². The van der Waals surface area contributed by atoms with Crippen LogP contribution in [0.3, 0.4) is 0 Å². The second kappa shape index (κ2) is 4.27. The van der Waals surface area contributed by atoms with E-state index >= 15 is 0 Å². The van der Waals surface area contributed by atoms with Crippen LogP contribution in [0.15, 0.2) is 29.2 Å². The summed E-state index contributed by atoms with van der Waals surface area (Å²) in [6, 6.07) is 7.53. The van der Waals surface area contributed by atoms with E-state index < -0.39 is 10.8 Å². The normalized spacial score (nSPS) is 17.4. The van der Waals surface area contributed by atoms with Crippen molar-refractivity contribution in [3.63, 3.8) is 0 Å². The van der Waals surface area contributed by atoms with Gasteiger partial charge in [0.25, 0.3) is 0 Å². The summed E-state index contributed by atoms with van der Waals surface area (Å²) in [6.45, 7) is 1.99. The molecule has 1 aliphatic carbocycles. The fraction of sp³-hybridized carbons (Fsp3) is 0.417. The maximum atomic E-state index is 11.8. The Morgan fingerprint density at radius 3 is 2.47 bits per heavy atom. The average molecular weight is 222 g/mol. The molecule has 0 aliphatic heterocycles. The third-order valence-electron chi connectivity index (χ3n) is 2.59. The van der Waals surface area contributed by atoms with Gasteiger partial charge in [0.2, 0.25) is 0 Å². The second-order valence-corrected chi connectivity index (χ2v) is 5.49. The molecule has 80 valence electrons. The fourth-order valence-corrected chi connectivity index (χ4v) is 2.53. The van der Waals surface area contributed by atoms with Gasteiger partial charge in [0.1, 0.15) is 5.78 Å². The zero-order valence-electron chi connectivity index (χ0n) is 8.73. The van der Waals surface area contributed by atoms with Crippen molar-refractivity contribution in [2.75, 3.05) is 5.75 Å². The Balaban J connectivity index is 2.00. The molecule has 0 aromatic heterocycles. The Morgan fingerprint density at radius 1 is 1.33 bits per heavy atom. The van der Waals surface area contributed by atoms with Crippen LogP contribution in [0.4, 0.5) is 0 Å². The highest BCUT2D eigenvalue weighted by molar-refractivity contribution is 7.85. The van der Waals surface area contributed by atoms with Crippen molar-refractivity contribution in [2.45, 2.75) is 24.7 Å². The van der Waals surface area contributed by atoms with Crippen LogP contribution in [0.2, 0.25) is 0 Å². The summed E-state index contributed by atoms with van der Waals surface area (Å²) in [7, 11) is -1.15. The number of hydrogen-bond acceptors (Lipinski definition) is 2. The molecule has 0 radical (unpaired) electrons. The molecule has 1 aliphatic rings. The number of aryl methyl sites for hydroxylation is 1. The quantitative estimate of drug-likeness (QED) is 0.781. The van der Waals surface area contributed by atoms with E-state index in [1.807, 2.05) is 31.2 Å². The minimum Gasteiger partial charge on any atom is -0.298 e. The predicted molar refractivity (Wildman–Crippen MR) is 60.2 cm³/mol. The van der Waals surface area contributed by atoms with Gasteiger partial charge in [-0.15, -0.1) is 0 Å². The Bertz CT molecular complexity index is 391. The van der Waals surface area contributed by atoms with Gasteiger partial charge in [-0.2, -0.15) is 0 Å². The van der Waals surface area contributed by atoms with Crippen molar-refractivity contribution in [2.24, 2.45) is 5.92 Å². The average Bonchev–Trinajstić information content (AvgIpc) is 3.01. The van der Waals surface area contributed by atoms with Crippen molar-refractivity contribution in [3.8, 4) is 0 Å². The summed E-state index contributed by atoms with van der Waals surface area (Å²) in [5.74, 6) is 0.557. The van der Waals surface area contributed by atoms with Crippen LogP contribution in [0, 0.1) is 12.8 Å². The SMILES string of the molecule is Cc1ccc(S(=O)CC(=O)C2CC2)cc1. The smallest absolute Gasteiger partial charge is 0.148 e. The Hall–Kier alpha value is -0.960. The molecule has 0 saturated heterocycles. The van der Waals surface area contributed by atoms with E-state index in [4.69, 9.17) is 0 Å². The van der Waals surface area contributed by atoms with Gasteiger partial charge in [-0.05, 0) is 31.9 Å². The zero-order chi connectivity index (χ0) is 10.8. The molecule has 15 heavy (non-hydrogen) atoms. The minimum absolute atomic E-state index is 0.161. The van der Waals surface area contributed by atoms with Crippen molar-refractivity contribution < 1.29 is 9.00 Å². The van der Waals surface area contributed by atoms with Crippen molar-refractivity contribution >= 4 is 16.6 Å². The molecule has 2 nitrogen and oxygen atoms in total. The number of rotatable bonds is 4. The van der Waals surface area contributed by atoms with Crippen LogP contribution in [0.1, 0.15) is 18.4 Å². The predicted octanol–water partition coefficient (Wildman–Crippen LogP) is 2.08. The van der Waals surface area contributed by atoms with Gasteiger partial charge in [0, 0.05) is 10.8 Å². The molecule has 0 heterocycles. The standard InChI is InChI=1S/C12H14O2S/c1-9-2-6-11(7-3-9)15(14)8-12(13)10-4-5-10/h2-3,6-7,10H,4-5,8H2,1H3. The van der Waals surface area contributed by atoms with Crippen LogP contribution in [0.5, 0.6) is 0 Å². The lowest BCUT2D eigenvalue weighted by molar-refractivity contribution is -0.117. The van der Waals surface area contributed by atoms with E-state index in [-0.39, 0.29) is 17.5 Å². The van der Waals surface area contributed by atoms with E-state index in [1.54, 1.807) is 0 Å². The second-order valence-electron chi connectivity index (χ2n) is 4.04. The lowest BCUT2D eigenvalue weighted by Crippen LogP contribution is -2.12. The van der Waals surface area contributed by atoms with Crippen LogP contribution >= 0.6 is 0 Å². The summed E-state index contributed by atoms with van der Waals surface area (Å²) >= 11 is 0. The van der Waals surface area contributed by atoms with Crippen molar-refractivity contribution in [3.05, 3.63) is 29.8 Å². The molecule has 1 unspecified atom stereocenters. The lowest BCUT2D eigenvalue weighted by atomic mass is 10.2. The number of hydrogen-bond donors (Lipinski definition) is 0. The maximum Gasteiger partial charge on any atom is 0.148 e. The van der Waals surface area contributed by atoms with Crippen molar-refractivity contribution in [1.82, 2.24) is 0 Å². The first-order valence-electron chi connectivity index (χ1n) is 5.14. The number of ketones is 1. The molecule has 1 fully saturated rings. The molecule has 1 atom stereocenters. The van der Waals surface area contributed by atoms with E-state index in [2.05, 4.69) is 0 Å². The number of carbonyl (C=O) groups is 1. The van der Waals surface area contributed by atoms with Crippen LogP contribution in [-0.4, -0.2) is 15.7 Å². The van der Waals surface area contributed by atoms with Gasteiger partial charge in [0.15, 0.2) is 0 Å². The highest BCUT2D eigenvalue weighted by Crippen LogP contribution is 2.30. The number of benzene rings is 1. The van der Waals surface area contributed by atoms with E-state index in [1.165, 1.54) is 0 Å². The van der Waals surface area contributed by atoms with E-state index in [0.717, 1.165) is 23.3 Å². The number of carbonyl (C=O) groups excluding carboxylic acids is 1. The maximum absolute atomic E-state index is 11.8. The monoisotopic (exact) mass is 222 g/mol. The first-order chi connectivity index (χ1) is 7.16. The Labute approximate surface area is 92.2 Å². The summed E-state index contributed by atoms with van der Waals surface area (Å²) in [5.41, 5.74) is 1.14. The molecule has 1 saturated carbocycles. The molecule has 1 aromatic carbocycles. The summed E-state index contributed by atoms with van der Waals surface area (Å²) in [4.78, 5) is 12.2. The molecule has 0 N–H and O–H groups in total. The van der Waals surface area contributed by atoms with E-state index in [9.17, 15) is 9.00 Å². The Kier molecular flexibility index (Phi) is 3.00. The largest absolute Gasteiger partial charge is 0.298 e. The first kappa shape index (κ1) is 10.6. The molecule has 0 bridgehead atoms. The molecular weight excluding hydrogens is 208 g/mol. The molecular formula is C12H14O2S. The van der Waals surface area contributed by atoms with Gasteiger partial charge in [0.05, 0.1) is 16.6 Å². The molecule has 3 heteroatoms. The molecule has 2 rings (SSSR count). The summed E-state index contributed by atoms with van der Waals surface area (Å²) < 4.78 is 11.8. The topological polar surface area (TPSA) is 34.1 Å². The molecule has 1 aromatic rings. The van der Waals surface area contributed by atoms with Gasteiger partial charge < -0.3 is 0 Å². The highest BCUT2D eigenvalue weighted by atomic mass is 32.2. The zero-order valence-corrected chi connectivity index (χ0v) is 9.55. The van der Waals surface area contributed by atoms with Crippen molar-refractivity contribution in [1.29, 1.82) is 0 Å². The molecule has 0 amide bonds. The molecule has 0 spiro atoms. The minimum atomic E-state index is -1.15. The highest BCUT2D eigenvalue weighted by Gasteiger charge is 2.30. The van der Waals surface area contributed by atoms with Gasteiger partial charge in [-0.1, -0.05) is 17.7 Å². The van der Waals surface area contributed by atoms with Gasteiger partial charge in [-0.25, -0.2) is 0 Å².